The van der Waals surface area contributed by atoms with Gasteiger partial charge in [-0.3, -0.25) is 4.68 Å². The van der Waals surface area contributed by atoms with Gasteiger partial charge < -0.3 is 10.1 Å². The maximum absolute atomic E-state index is 11.8. The van der Waals surface area contributed by atoms with E-state index in [9.17, 15) is 8.78 Å². The van der Waals surface area contributed by atoms with Crippen LogP contribution in [0.5, 0.6) is 0 Å². The van der Waals surface area contributed by atoms with Gasteiger partial charge in [0.15, 0.2) is 0 Å². The molecule has 0 saturated carbocycles. The standard InChI is InChI=1S/C11H19F2N3O/c1-8-10(9(2)16(3)15-8)6-14-4-5-17-7-11(12)13/h11,14H,4-7H2,1-3H3. The number of rotatable bonds is 7. The van der Waals surface area contributed by atoms with Gasteiger partial charge in [-0.1, -0.05) is 0 Å². The monoisotopic (exact) mass is 247 g/mol. The lowest BCUT2D eigenvalue weighted by molar-refractivity contribution is 0.0187. The number of ether oxygens (including phenoxy) is 1. The molecule has 0 aliphatic rings. The van der Waals surface area contributed by atoms with Gasteiger partial charge in [-0.2, -0.15) is 5.10 Å². The smallest absolute Gasteiger partial charge is 0.261 e. The summed E-state index contributed by atoms with van der Waals surface area (Å²) in [5.74, 6) is 0. The molecule has 0 saturated heterocycles. The van der Waals surface area contributed by atoms with E-state index < -0.39 is 13.0 Å². The summed E-state index contributed by atoms with van der Waals surface area (Å²) in [6.07, 6.45) is -2.39. The van der Waals surface area contributed by atoms with Crippen LogP contribution in [0.2, 0.25) is 0 Å². The Labute approximate surface area is 100.0 Å². The molecular weight excluding hydrogens is 228 g/mol. The van der Waals surface area contributed by atoms with Crippen LogP contribution >= 0.6 is 0 Å². The fourth-order valence-corrected chi connectivity index (χ4v) is 1.60. The van der Waals surface area contributed by atoms with E-state index in [1.54, 1.807) is 0 Å². The Hall–Kier alpha value is -1.01. The highest BCUT2D eigenvalue weighted by atomic mass is 19.3. The molecule has 0 spiro atoms. The van der Waals surface area contributed by atoms with Gasteiger partial charge in [-0.05, 0) is 13.8 Å². The van der Waals surface area contributed by atoms with E-state index in [2.05, 4.69) is 10.4 Å². The Morgan fingerprint density at radius 2 is 2.12 bits per heavy atom. The summed E-state index contributed by atoms with van der Waals surface area (Å²) in [6, 6.07) is 0. The molecule has 98 valence electrons. The Kier molecular flexibility index (Phi) is 5.50. The number of nitrogens with one attached hydrogen (secondary N) is 1. The first kappa shape index (κ1) is 14.1. The second kappa shape index (κ2) is 6.66. The molecule has 1 N–H and O–H groups in total. The van der Waals surface area contributed by atoms with E-state index in [-0.39, 0.29) is 0 Å². The molecular formula is C11H19F2N3O. The first-order valence-electron chi connectivity index (χ1n) is 5.58. The summed E-state index contributed by atoms with van der Waals surface area (Å²) in [7, 11) is 1.90. The second-order valence-corrected chi connectivity index (χ2v) is 3.92. The fraction of sp³-hybridized carbons (Fsp3) is 0.727. The zero-order valence-corrected chi connectivity index (χ0v) is 10.5. The molecule has 0 aliphatic heterocycles. The number of aromatic nitrogens is 2. The van der Waals surface area contributed by atoms with Crippen LogP contribution in [0.25, 0.3) is 0 Å². The first-order valence-corrected chi connectivity index (χ1v) is 5.58. The van der Waals surface area contributed by atoms with Crippen LogP contribution in [0.1, 0.15) is 17.0 Å². The summed E-state index contributed by atoms with van der Waals surface area (Å²) in [5.41, 5.74) is 3.26. The van der Waals surface area contributed by atoms with Crippen LogP contribution in [0.4, 0.5) is 8.78 Å². The molecule has 0 bridgehead atoms. The van der Waals surface area contributed by atoms with Crippen molar-refractivity contribution < 1.29 is 13.5 Å². The van der Waals surface area contributed by atoms with Gasteiger partial charge in [-0.25, -0.2) is 8.78 Å². The number of nitrogens with zero attached hydrogens (tertiary/aromatic N) is 2. The van der Waals surface area contributed by atoms with Gasteiger partial charge in [0.1, 0.15) is 6.61 Å². The van der Waals surface area contributed by atoms with Crippen LogP contribution in [0.15, 0.2) is 0 Å². The van der Waals surface area contributed by atoms with Crippen molar-refractivity contribution in [3.8, 4) is 0 Å². The van der Waals surface area contributed by atoms with E-state index in [1.165, 1.54) is 0 Å². The minimum atomic E-state index is -2.39. The second-order valence-electron chi connectivity index (χ2n) is 3.92. The van der Waals surface area contributed by atoms with Crippen LogP contribution < -0.4 is 5.32 Å². The topological polar surface area (TPSA) is 39.1 Å². The molecule has 0 unspecified atom stereocenters. The number of hydrogen-bond donors (Lipinski definition) is 1. The largest absolute Gasteiger partial charge is 0.374 e. The molecule has 0 aromatic carbocycles. The molecule has 0 atom stereocenters. The highest BCUT2D eigenvalue weighted by Gasteiger charge is 2.08. The summed E-state index contributed by atoms with van der Waals surface area (Å²) in [4.78, 5) is 0. The summed E-state index contributed by atoms with van der Waals surface area (Å²) >= 11 is 0. The van der Waals surface area contributed by atoms with Crippen molar-refractivity contribution in [3.05, 3.63) is 17.0 Å². The van der Waals surface area contributed by atoms with E-state index in [1.807, 2.05) is 25.6 Å². The summed E-state index contributed by atoms with van der Waals surface area (Å²) in [5, 5.41) is 7.44. The van der Waals surface area contributed by atoms with Gasteiger partial charge in [0, 0.05) is 31.4 Å². The van der Waals surface area contributed by atoms with Gasteiger partial charge in [0.25, 0.3) is 6.43 Å². The normalized spacial score (nSPS) is 11.4. The van der Waals surface area contributed by atoms with E-state index >= 15 is 0 Å². The predicted octanol–water partition coefficient (Wildman–Crippen LogP) is 1.41. The molecule has 17 heavy (non-hydrogen) atoms. The van der Waals surface area contributed by atoms with Gasteiger partial charge >= 0.3 is 0 Å². The molecule has 1 rings (SSSR count). The average Bonchev–Trinajstić information content (AvgIpc) is 2.48. The SMILES string of the molecule is Cc1nn(C)c(C)c1CNCCOCC(F)F. The summed E-state index contributed by atoms with van der Waals surface area (Å²) < 4.78 is 30.1. The van der Waals surface area contributed by atoms with E-state index in [4.69, 9.17) is 4.74 Å². The maximum atomic E-state index is 11.8. The van der Waals surface area contributed by atoms with Crippen LogP contribution in [0.3, 0.4) is 0 Å². The molecule has 1 aromatic heterocycles. The zero-order valence-electron chi connectivity index (χ0n) is 10.5. The zero-order chi connectivity index (χ0) is 12.8. The van der Waals surface area contributed by atoms with Crippen molar-refractivity contribution in [2.75, 3.05) is 19.8 Å². The Bertz CT molecular complexity index is 353. The van der Waals surface area contributed by atoms with Crippen molar-refractivity contribution in [2.45, 2.75) is 26.8 Å². The molecule has 0 aliphatic carbocycles. The maximum Gasteiger partial charge on any atom is 0.261 e. The third-order valence-electron chi connectivity index (χ3n) is 2.63. The summed E-state index contributed by atoms with van der Waals surface area (Å²) in [6.45, 7) is 5.00. The molecule has 0 amide bonds. The lowest BCUT2D eigenvalue weighted by atomic mass is 10.2. The van der Waals surface area contributed by atoms with Crippen molar-refractivity contribution in [3.63, 3.8) is 0 Å². The third-order valence-corrected chi connectivity index (χ3v) is 2.63. The van der Waals surface area contributed by atoms with Crippen molar-refractivity contribution in [2.24, 2.45) is 7.05 Å². The predicted molar refractivity (Wildman–Crippen MR) is 61.2 cm³/mol. The Balaban J connectivity index is 2.22. The van der Waals surface area contributed by atoms with Crippen molar-refractivity contribution >= 4 is 0 Å². The highest BCUT2D eigenvalue weighted by molar-refractivity contribution is 5.23. The molecule has 0 radical (unpaired) electrons. The van der Waals surface area contributed by atoms with E-state index in [0.717, 1.165) is 17.0 Å². The molecule has 0 fully saturated rings. The lowest BCUT2D eigenvalue weighted by Crippen LogP contribution is -2.21. The fourth-order valence-electron chi connectivity index (χ4n) is 1.60. The number of halogens is 2. The highest BCUT2D eigenvalue weighted by Crippen LogP contribution is 2.10. The van der Waals surface area contributed by atoms with Gasteiger partial charge in [-0.15, -0.1) is 0 Å². The first-order chi connectivity index (χ1) is 8.02. The number of aryl methyl sites for hydroxylation is 2. The van der Waals surface area contributed by atoms with Crippen LogP contribution in [0, 0.1) is 13.8 Å². The third kappa shape index (κ3) is 4.40. The molecule has 1 heterocycles. The molecule has 1 aromatic rings. The minimum Gasteiger partial charge on any atom is -0.374 e. The molecule has 6 heteroatoms. The van der Waals surface area contributed by atoms with E-state index in [0.29, 0.717) is 19.7 Å². The number of alkyl halides is 2. The Morgan fingerprint density at radius 3 is 2.65 bits per heavy atom. The Morgan fingerprint density at radius 1 is 1.41 bits per heavy atom. The van der Waals surface area contributed by atoms with Crippen molar-refractivity contribution in [1.29, 1.82) is 0 Å². The van der Waals surface area contributed by atoms with Gasteiger partial charge in [0.2, 0.25) is 0 Å². The van der Waals surface area contributed by atoms with Crippen LogP contribution in [-0.4, -0.2) is 36.0 Å². The molecule has 4 nitrogen and oxygen atoms in total. The van der Waals surface area contributed by atoms with Gasteiger partial charge in [0.05, 0.1) is 12.3 Å². The van der Waals surface area contributed by atoms with Crippen LogP contribution in [-0.2, 0) is 18.3 Å². The quantitative estimate of drug-likeness (QED) is 0.740. The number of hydrogen-bond acceptors (Lipinski definition) is 3. The van der Waals surface area contributed by atoms with Crippen molar-refractivity contribution in [1.82, 2.24) is 15.1 Å². The average molecular weight is 247 g/mol. The lowest BCUT2D eigenvalue weighted by Gasteiger charge is -2.06. The minimum absolute atomic E-state index is 0.294.